The molecule has 1 heterocycles. The number of esters is 1. The number of hydrogen-bond acceptors (Lipinski definition) is 6. The summed E-state index contributed by atoms with van der Waals surface area (Å²) in [7, 11) is 1.28. The van der Waals surface area contributed by atoms with Crippen molar-refractivity contribution in [3.8, 4) is 11.6 Å². The quantitative estimate of drug-likeness (QED) is 0.837. The monoisotopic (exact) mass is 259 g/mol. The van der Waals surface area contributed by atoms with E-state index < -0.39 is 5.97 Å². The van der Waals surface area contributed by atoms with E-state index in [1.54, 1.807) is 12.1 Å². The van der Waals surface area contributed by atoms with E-state index in [-0.39, 0.29) is 5.69 Å². The van der Waals surface area contributed by atoms with Crippen LogP contribution in [0, 0.1) is 0 Å². The minimum Gasteiger partial charge on any atom is -0.464 e. The molecule has 0 unspecified atom stereocenters. The first-order chi connectivity index (χ1) is 9.22. The molecule has 6 nitrogen and oxygen atoms in total. The number of methoxy groups -OCH3 is 1. The molecule has 2 aromatic rings. The molecule has 2 N–H and O–H groups in total. The van der Waals surface area contributed by atoms with Crippen molar-refractivity contribution in [2.45, 2.75) is 6.54 Å². The summed E-state index contributed by atoms with van der Waals surface area (Å²) in [6.07, 6.45) is 0. The summed E-state index contributed by atoms with van der Waals surface area (Å²) >= 11 is 0. The molecule has 98 valence electrons. The highest BCUT2D eigenvalue weighted by molar-refractivity contribution is 5.86. The fourth-order valence-corrected chi connectivity index (χ4v) is 1.44. The fourth-order valence-electron chi connectivity index (χ4n) is 1.44. The van der Waals surface area contributed by atoms with Crippen molar-refractivity contribution in [3.05, 3.63) is 47.7 Å². The van der Waals surface area contributed by atoms with E-state index in [9.17, 15) is 4.79 Å². The minimum absolute atomic E-state index is 0.130. The topological polar surface area (TPSA) is 87.3 Å². The summed E-state index contributed by atoms with van der Waals surface area (Å²) in [6, 6.07) is 10.4. The SMILES string of the molecule is COC(=O)c1ccc(Oc2cccc(CN)c2)nn1. The molecule has 0 atom stereocenters. The molecule has 0 saturated heterocycles. The fraction of sp³-hybridized carbons (Fsp3) is 0.154. The number of carbonyl (C=O) groups is 1. The molecule has 0 aliphatic heterocycles. The lowest BCUT2D eigenvalue weighted by Gasteiger charge is -2.05. The number of aromatic nitrogens is 2. The maximum Gasteiger partial charge on any atom is 0.358 e. The second kappa shape index (κ2) is 5.92. The molecule has 1 aromatic carbocycles. The standard InChI is InChI=1S/C13H13N3O3/c1-18-13(17)11-5-6-12(16-15-11)19-10-4-2-3-9(7-10)8-14/h2-7H,8,14H2,1H3. The van der Waals surface area contributed by atoms with Crippen LogP contribution in [-0.2, 0) is 11.3 Å². The van der Waals surface area contributed by atoms with E-state index in [1.165, 1.54) is 13.2 Å². The Bertz CT molecular complexity index is 570. The first kappa shape index (κ1) is 13.0. The van der Waals surface area contributed by atoms with E-state index in [1.807, 2.05) is 18.2 Å². The first-order valence-electron chi connectivity index (χ1n) is 5.62. The molecule has 0 aliphatic rings. The van der Waals surface area contributed by atoms with Crippen LogP contribution in [0.25, 0.3) is 0 Å². The van der Waals surface area contributed by atoms with Gasteiger partial charge >= 0.3 is 5.97 Å². The summed E-state index contributed by atoms with van der Waals surface area (Å²) in [4.78, 5) is 11.2. The summed E-state index contributed by atoms with van der Waals surface area (Å²) in [6.45, 7) is 0.435. The van der Waals surface area contributed by atoms with Crippen molar-refractivity contribution < 1.29 is 14.3 Å². The number of ether oxygens (including phenoxy) is 2. The minimum atomic E-state index is -0.538. The number of benzene rings is 1. The molecule has 0 bridgehead atoms. The lowest BCUT2D eigenvalue weighted by atomic mass is 10.2. The second-order valence-electron chi connectivity index (χ2n) is 3.70. The van der Waals surface area contributed by atoms with E-state index in [0.717, 1.165) is 5.56 Å². The smallest absolute Gasteiger partial charge is 0.358 e. The Hall–Kier alpha value is -2.47. The van der Waals surface area contributed by atoms with Crippen LogP contribution >= 0.6 is 0 Å². The Morgan fingerprint density at radius 1 is 1.26 bits per heavy atom. The largest absolute Gasteiger partial charge is 0.464 e. The molecule has 0 fully saturated rings. The lowest BCUT2D eigenvalue weighted by Crippen LogP contribution is -2.05. The van der Waals surface area contributed by atoms with Crippen molar-refractivity contribution in [2.24, 2.45) is 5.73 Å². The summed E-state index contributed by atoms with van der Waals surface area (Å²) in [5.41, 5.74) is 6.63. The zero-order valence-electron chi connectivity index (χ0n) is 10.4. The zero-order valence-corrected chi connectivity index (χ0v) is 10.4. The zero-order chi connectivity index (χ0) is 13.7. The van der Waals surface area contributed by atoms with Gasteiger partial charge in [-0.15, -0.1) is 10.2 Å². The molecule has 0 radical (unpaired) electrons. The predicted octanol–water partition coefficient (Wildman–Crippen LogP) is 1.51. The molecule has 19 heavy (non-hydrogen) atoms. The van der Waals surface area contributed by atoms with Gasteiger partial charge in [0.05, 0.1) is 7.11 Å². The van der Waals surface area contributed by atoms with Crippen molar-refractivity contribution >= 4 is 5.97 Å². The first-order valence-corrected chi connectivity index (χ1v) is 5.62. The van der Waals surface area contributed by atoms with Gasteiger partial charge in [0.2, 0.25) is 5.88 Å². The maximum atomic E-state index is 11.2. The molecular formula is C13H13N3O3. The highest BCUT2D eigenvalue weighted by Crippen LogP contribution is 2.19. The number of hydrogen-bond donors (Lipinski definition) is 1. The normalized spacial score (nSPS) is 10.0. The van der Waals surface area contributed by atoms with Gasteiger partial charge in [-0.1, -0.05) is 12.1 Å². The Morgan fingerprint density at radius 3 is 2.74 bits per heavy atom. The summed E-state index contributed by atoms with van der Waals surface area (Å²) < 4.78 is 10.0. The van der Waals surface area contributed by atoms with Crippen molar-refractivity contribution in [1.29, 1.82) is 0 Å². The van der Waals surface area contributed by atoms with E-state index in [2.05, 4.69) is 14.9 Å². The van der Waals surface area contributed by atoms with Crippen molar-refractivity contribution in [2.75, 3.05) is 7.11 Å². The van der Waals surface area contributed by atoms with Gasteiger partial charge in [-0.05, 0) is 23.8 Å². The van der Waals surface area contributed by atoms with Gasteiger partial charge in [0.1, 0.15) is 5.75 Å². The Labute approximate surface area is 110 Å². The van der Waals surface area contributed by atoms with Gasteiger partial charge in [-0.25, -0.2) is 4.79 Å². The Morgan fingerprint density at radius 2 is 2.11 bits per heavy atom. The number of nitrogens with zero attached hydrogens (tertiary/aromatic N) is 2. The molecule has 0 saturated carbocycles. The number of nitrogens with two attached hydrogens (primary N) is 1. The predicted molar refractivity (Wildman–Crippen MR) is 67.8 cm³/mol. The van der Waals surface area contributed by atoms with Crippen LogP contribution in [0.1, 0.15) is 16.1 Å². The number of rotatable bonds is 4. The molecule has 6 heteroatoms. The highest BCUT2D eigenvalue weighted by atomic mass is 16.5. The second-order valence-corrected chi connectivity index (χ2v) is 3.70. The third-order valence-electron chi connectivity index (χ3n) is 2.39. The maximum absolute atomic E-state index is 11.2. The molecule has 2 rings (SSSR count). The summed E-state index contributed by atoms with van der Waals surface area (Å²) in [5, 5.41) is 7.51. The van der Waals surface area contributed by atoms with Crippen LogP contribution in [0.5, 0.6) is 11.6 Å². The van der Waals surface area contributed by atoms with Gasteiger partial charge in [-0.3, -0.25) is 0 Å². The van der Waals surface area contributed by atoms with E-state index >= 15 is 0 Å². The van der Waals surface area contributed by atoms with E-state index in [4.69, 9.17) is 10.5 Å². The average molecular weight is 259 g/mol. The molecule has 0 spiro atoms. The highest BCUT2D eigenvalue weighted by Gasteiger charge is 2.08. The lowest BCUT2D eigenvalue weighted by molar-refractivity contribution is 0.0592. The average Bonchev–Trinajstić information content (AvgIpc) is 2.47. The summed E-state index contributed by atoms with van der Waals surface area (Å²) in [5.74, 6) is 0.370. The van der Waals surface area contributed by atoms with Gasteiger partial charge in [0.15, 0.2) is 5.69 Å². The van der Waals surface area contributed by atoms with Crippen LogP contribution in [-0.4, -0.2) is 23.3 Å². The van der Waals surface area contributed by atoms with Crippen molar-refractivity contribution in [3.63, 3.8) is 0 Å². The molecule has 0 aliphatic carbocycles. The van der Waals surface area contributed by atoms with Crippen LogP contribution in [0.3, 0.4) is 0 Å². The molecule has 1 aromatic heterocycles. The van der Waals surface area contributed by atoms with Crippen LogP contribution in [0.2, 0.25) is 0 Å². The third-order valence-corrected chi connectivity index (χ3v) is 2.39. The van der Waals surface area contributed by atoms with Crippen LogP contribution in [0.15, 0.2) is 36.4 Å². The van der Waals surface area contributed by atoms with E-state index in [0.29, 0.717) is 18.2 Å². The van der Waals surface area contributed by atoms with Crippen LogP contribution in [0.4, 0.5) is 0 Å². The third kappa shape index (κ3) is 3.26. The van der Waals surface area contributed by atoms with Crippen LogP contribution < -0.4 is 10.5 Å². The Kier molecular flexibility index (Phi) is 4.04. The molecular weight excluding hydrogens is 246 g/mol. The van der Waals surface area contributed by atoms with Gasteiger partial charge < -0.3 is 15.2 Å². The van der Waals surface area contributed by atoms with Gasteiger partial charge in [0.25, 0.3) is 0 Å². The molecule has 0 amide bonds. The van der Waals surface area contributed by atoms with Gasteiger partial charge in [0, 0.05) is 12.6 Å². The number of carbonyl (C=O) groups excluding carboxylic acids is 1. The Balaban J connectivity index is 2.12. The van der Waals surface area contributed by atoms with Crippen molar-refractivity contribution in [1.82, 2.24) is 10.2 Å². The van der Waals surface area contributed by atoms with Gasteiger partial charge in [-0.2, -0.15) is 0 Å².